The molecule has 0 fully saturated rings. The number of hydrogen-bond acceptors (Lipinski definition) is 1. The van der Waals surface area contributed by atoms with E-state index in [1.165, 1.54) is 38.5 Å². The average molecular weight is 198 g/mol. The molecule has 0 rings (SSSR count). The van der Waals surface area contributed by atoms with Gasteiger partial charge in [-0.1, -0.05) is 46.3 Å². The Morgan fingerprint density at radius 2 is 2.00 bits per heavy atom. The van der Waals surface area contributed by atoms with E-state index in [1.807, 2.05) is 11.6 Å². The second-order valence-electron chi connectivity index (χ2n) is 4.20. The van der Waals surface area contributed by atoms with E-state index in [0.717, 1.165) is 11.8 Å². The highest BCUT2D eigenvalue weighted by Crippen LogP contribution is 2.18. The van der Waals surface area contributed by atoms with E-state index >= 15 is 0 Å². The van der Waals surface area contributed by atoms with Crippen LogP contribution in [0.1, 0.15) is 33.6 Å². The van der Waals surface area contributed by atoms with E-state index < -0.39 is 0 Å². The third kappa shape index (κ3) is 7.54. The van der Waals surface area contributed by atoms with Gasteiger partial charge in [0, 0.05) is 0 Å². The fraction of sp³-hybridized carbons (Fsp3) is 1.00. The first-order valence-electron chi connectivity index (χ1n) is 5.71. The minimum Gasteiger partial charge on any atom is -0.220 e. The predicted octanol–water partition coefficient (Wildman–Crippen LogP) is 2.61. The standard InChI is InChI=1S/C10H24B2S/c1-4-9(2)10(3)8-12-6-5-7-13-11/h9-10,12H,4-8,11H2,1-3H3/t9?,10-/m0/s1. The molecule has 0 aromatic heterocycles. The highest BCUT2D eigenvalue weighted by atomic mass is 32.2. The fourth-order valence-corrected chi connectivity index (χ4v) is 2.07. The summed E-state index contributed by atoms with van der Waals surface area (Å²) < 4.78 is 0. The van der Waals surface area contributed by atoms with Crippen LogP contribution < -0.4 is 0 Å². The van der Waals surface area contributed by atoms with Gasteiger partial charge in [-0.25, -0.2) is 11.6 Å². The molecule has 0 heterocycles. The average Bonchev–Trinajstić information content (AvgIpc) is 2.16. The molecule has 0 amide bonds. The first-order chi connectivity index (χ1) is 6.22. The van der Waals surface area contributed by atoms with Crippen molar-refractivity contribution in [3.05, 3.63) is 0 Å². The molecular weight excluding hydrogens is 174 g/mol. The molecule has 0 N–H and O–H groups in total. The van der Waals surface area contributed by atoms with Gasteiger partial charge in [-0.05, 0) is 17.6 Å². The third-order valence-corrected chi connectivity index (χ3v) is 3.82. The maximum atomic E-state index is 2.41. The Morgan fingerprint density at radius 1 is 1.31 bits per heavy atom. The maximum Gasteiger partial charge on any atom is 0.173 e. The maximum absolute atomic E-state index is 2.41. The summed E-state index contributed by atoms with van der Waals surface area (Å²) in [7, 11) is 3.63. The summed E-state index contributed by atoms with van der Waals surface area (Å²) in [5.41, 5.74) is 0. The summed E-state index contributed by atoms with van der Waals surface area (Å²) in [6.07, 6.45) is 5.62. The van der Waals surface area contributed by atoms with Crippen LogP contribution in [0.25, 0.3) is 0 Å². The van der Waals surface area contributed by atoms with Crippen LogP contribution in [0, 0.1) is 11.8 Å². The van der Waals surface area contributed by atoms with Crippen LogP contribution in [0.4, 0.5) is 0 Å². The van der Waals surface area contributed by atoms with Gasteiger partial charge in [0.2, 0.25) is 0 Å². The van der Waals surface area contributed by atoms with Gasteiger partial charge in [-0.15, -0.1) is 0 Å². The van der Waals surface area contributed by atoms with Crippen molar-refractivity contribution >= 4 is 26.0 Å². The second-order valence-corrected chi connectivity index (χ2v) is 5.19. The first-order valence-corrected chi connectivity index (χ1v) is 7.10. The zero-order valence-corrected chi connectivity index (χ0v) is 10.6. The summed E-state index contributed by atoms with van der Waals surface area (Å²) >= 11 is 1.97. The summed E-state index contributed by atoms with van der Waals surface area (Å²) in [5, 5.41) is 0. The minimum absolute atomic E-state index is 0.917. The lowest BCUT2D eigenvalue weighted by atomic mass is 9.64. The van der Waals surface area contributed by atoms with Gasteiger partial charge >= 0.3 is 0 Å². The SMILES string of the molecule is BSCCCBC[C@H](C)C(C)CC. The Kier molecular flexibility index (Phi) is 9.39. The van der Waals surface area contributed by atoms with Crippen LogP contribution >= 0.6 is 11.6 Å². The molecule has 76 valence electrons. The lowest BCUT2D eigenvalue weighted by Gasteiger charge is -2.17. The zero-order valence-electron chi connectivity index (χ0n) is 9.81. The fourth-order valence-electron chi connectivity index (χ4n) is 1.58. The van der Waals surface area contributed by atoms with Crippen LogP contribution in [0.15, 0.2) is 0 Å². The van der Waals surface area contributed by atoms with Crippen LogP contribution in [-0.4, -0.2) is 20.2 Å². The first kappa shape index (κ1) is 13.5. The van der Waals surface area contributed by atoms with Crippen molar-refractivity contribution in [2.24, 2.45) is 11.8 Å². The molecule has 1 unspecified atom stereocenters. The number of rotatable bonds is 8. The normalized spacial score (nSPS) is 15.3. The monoisotopic (exact) mass is 198 g/mol. The molecule has 0 saturated carbocycles. The lowest BCUT2D eigenvalue weighted by molar-refractivity contribution is 0.406. The third-order valence-electron chi connectivity index (χ3n) is 3.12. The van der Waals surface area contributed by atoms with E-state index in [0.29, 0.717) is 0 Å². The van der Waals surface area contributed by atoms with Crippen molar-refractivity contribution in [2.45, 2.75) is 46.3 Å². The van der Waals surface area contributed by atoms with E-state index in [1.54, 1.807) is 0 Å². The molecule has 0 aliphatic heterocycles. The van der Waals surface area contributed by atoms with Crippen LogP contribution in [-0.2, 0) is 0 Å². The van der Waals surface area contributed by atoms with E-state index in [9.17, 15) is 0 Å². The Balaban J connectivity index is 3.21. The van der Waals surface area contributed by atoms with Crippen LogP contribution in [0.5, 0.6) is 0 Å². The lowest BCUT2D eigenvalue weighted by Crippen LogP contribution is -2.09. The van der Waals surface area contributed by atoms with Crippen molar-refractivity contribution in [3.8, 4) is 0 Å². The Morgan fingerprint density at radius 3 is 2.54 bits per heavy atom. The van der Waals surface area contributed by atoms with Gasteiger partial charge in [0.1, 0.15) is 7.28 Å². The molecule has 0 aromatic carbocycles. The molecule has 0 nitrogen and oxygen atoms in total. The molecular formula is C10H24B2S. The second kappa shape index (κ2) is 9.05. The topological polar surface area (TPSA) is 0 Å². The minimum atomic E-state index is 0.917. The van der Waals surface area contributed by atoms with Gasteiger partial charge in [-0.2, -0.15) is 0 Å². The Hall–Kier alpha value is 0.480. The quantitative estimate of drug-likeness (QED) is 0.426. The summed E-state index contributed by atoms with van der Waals surface area (Å²) in [4.78, 5) is 0. The summed E-state index contributed by atoms with van der Waals surface area (Å²) in [6, 6.07) is 0. The predicted molar refractivity (Wildman–Crippen MR) is 71.0 cm³/mol. The van der Waals surface area contributed by atoms with Gasteiger partial charge in [0.05, 0.1) is 0 Å². The van der Waals surface area contributed by atoms with E-state index in [-0.39, 0.29) is 0 Å². The molecule has 0 aromatic rings. The highest BCUT2D eigenvalue weighted by molar-refractivity contribution is 8.19. The number of hydrogen-bond donors (Lipinski definition) is 0. The van der Waals surface area contributed by atoms with Crippen molar-refractivity contribution in [2.75, 3.05) is 5.75 Å². The van der Waals surface area contributed by atoms with Gasteiger partial charge in [0.15, 0.2) is 7.12 Å². The Bertz CT molecular complexity index is 109. The molecule has 0 saturated heterocycles. The molecule has 0 spiro atoms. The molecule has 0 aliphatic rings. The van der Waals surface area contributed by atoms with Gasteiger partial charge < -0.3 is 0 Å². The molecule has 0 radical (unpaired) electrons. The van der Waals surface area contributed by atoms with Crippen molar-refractivity contribution in [1.82, 2.24) is 0 Å². The Labute approximate surface area is 90.2 Å². The van der Waals surface area contributed by atoms with Crippen molar-refractivity contribution < 1.29 is 0 Å². The molecule has 13 heavy (non-hydrogen) atoms. The smallest absolute Gasteiger partial charge is 0.173 e. The molecule has 0 aliphatic carbocycles. The van der Waals surface area contributed by atoms with Gasteiger partial charge in [0.25, 0.3) is 0 Å². The highest BCUT2D eigenvalue weighted by Gasteiger charge is 2.09. The van der Waals surface area contributed by atoms with Crippen molar-refractivity contribution in [1.29, 1.82) is 0 Å². The molecule has 2 atom stereocenters. The summed E-state index contributed by atoms with van der Waals surface area (Å²) in [6.45, 7) is 7.09. The van der Waals surface area contributed by atoms with Crippen LogP contribution in [0.2, 0.25) is 12.6 Å². The van der Waals surface area contributed by atoms with E-state index in [4.69, 9.17) is 0 Å². The molecule has 3 heteroatoms. The molecule has 0 bridgehead atoms. The zero-order chi connectivity index (χ0) is 10.1. The van der Waals surface area contributed by atoms with E-state index in [2.05, 4.69) is 27.9 Å². The van der Waals surface area contributed by atoms with Crippen LogP contribution in [0.3, 0.4) is 0 Å². The van der Waals surface area contributed by atoms with Gasteiger partial charge in [-0.3, -0.25) is 0 Å². The largest absolute Gasteiger partial charge is 0.220 e. The summed E-state index contributed by atoms with van der Waals surface area (Å²) in [5.74, 6) is 3.19. The van der Waals surface area contributed by atoms with Crippen molar-refractivity contribution in [3.63, 3.8) is 0 Å².